The van der Waals surface area contributed by atoms with Gasteiger partial charge in [-0.05, 0) is 49.6 Å². The van der Waals surface area contributed by atoms with Crippen LogP contribution in [0.3, 0.4) is 0 Å². The number of nitrogens with zero attached hydrogens (tertiary/aromatic N) is 2. The number of likely N-dealkylation sites (N-methyl/N-ethyl adjacent to an activating group) is 1. The van der Waals surface area contributed by atoms with E-state index < -0.39 is 0 Å². The van der Waals surface area contributed by atoms with Gasteiger partial charge in [-0.1, -0.05) is 42.5 Å². The Hall–Kier alpha value is -2.33. The molecule has 4 nitrogen and oxygen atoms in total. The van der Waals surface area contributed by atoms with Crippen molar-refractivity contribution in [3.8, 4) is 5.75 Å². The number of hydrogen-bond donors (Lipinski definition) is 0. The molecular weight excluding hydrogens is 336 g/mol. The van der Waals surface area contributed by atoms with Gasteiger partial charge >= 0.3 is 0 Å². The molecule has 3 rings (SSSR count). The van der Waals surface area contributed by atoms with Crippen LogP contribution in [0.5, 0.6) is 5.75 Å². The molecule has 144 valence electrons. The first-order chi connectivity index (χ1) is 13.2. The number of carbonyl (C=O) groups is 1. The lowest BCUT2D eigenvalue weighted by atomic mass is 10.0. The van der Waals surface area contributed by atoms with E-state index in [1.807, 2.05) is 30.3 Å². The predicted octanol–water partition coefficient (Wildman–Crippen LogP) is 3.75. The number of rotatable bonds is 7. The highest BCUT2D eigenvalue weighted by molar-refractivity contribution is 5.76. The number of benzene rings is 2. The van der Waals surface area contributed by atoms with E-state index in [0.29, 0.717) is 12.5 Å². The maximum atomic E-state index is 12.7. The van der Waals surface area contributed by atoms with Crippen LogP contribution in [0.1, 0.15) is 30.4 Å². The van der Waals surface area contributed by atoms with Crippen LogP contribution in [-0.4, -0.2) is 49.0 Å². The Morgan fingerprint density at radius 2 is 1.85 bits per heavy atom. The number of likely N-dealkylation sites (tertiary alicyclic amines) is 1. The van der Waals surface area contributed by atoms with E-state index in [-0.39, 0.29) is 5.91 Å². The fourth-order valence-corrected chi connectivity index (χ4v) is 3.74. The van der Waals surface area contributed by atoms with Crippen LogP contribution in [-0.2, 0) is 17.8 Å². The molecule has 4 heteroatoms. The highest BCUT2D eigenvalue weighted by Gasteiger charge is 2.26. The molecule has 27 heavy (non-hydrogen) atoms. The third-order valence-electron chi connectivity index (χ3n) is 5.43. The normalized spacial score (nSPS) is 17.1. The first-order valence-electron chi connectivity index (χ1n) is 9.80. The standard InChI is InChI=1S/C23H30N2O2/c1-24(17-20-7-4-3-5-8-20)21-9-6-16-25(18-21)23(26)15-12-19-10-13-22(27-2)14-11-19/h3-5,7-8,10-11,13-14,21H,6,9,12,15-18H2,1-2H3/t21-/m0/s1. The van der Waals surface area contributed by atoms with Crippen molar-refractivity contribution in [3.63, 3.8) is 0 Å². The van der Waals surface area contributed by atoms with Crippen LogP contribution in [0, 0.1) is 0 Å². The summed E-state index contributed by atoms with van der Waals surface area (Å²) in [6.45, 7) is 2.65. The Bertz CT molecular complexity index is 715. The van der Waals surface area contributed by atoms with Crippen molar-refractivity contribution in [1.29, 1.82) is 0 Å². The Morgan fingerprint density at radius 3 is 2.56 bits per heavy atom. The van der Waals surface area contributed by atoms with E-state index in [1.165, 1.54) is 11.1 Å². The van der Waals surface area contributed by atoms with Gasteiger partial charge in [-0.25, -0.2) is 0 Å². The summed E-state index contributed by atoms with van der Waals surface area (Å²) in [7, 11) is 3.84. The van der Waals surface area contributed by atoms with E-state index in [4.69, 9.17) is 4.74 Å². The predicted molar refractivity (Wildman–Crippen MR) is 109 cm³/mol. The molecule has 0 aromatic heterocycles. The minimum atomic E-state index is 0.267. The van der Waals surface area contributed by atoms with Gasteiger partial charge in [-0.15, -0.1) is 0 Å². The van der Waals surface area contributed by atoms with Crippen molar-refractivity contribution in [2.24, 2.45) is 0 Å². The van der Waals surface area contributed by atoms with E-state index in [9.17, 15) is 4.79 Å². The molecule has 0 spiro atoms. The molecule has 1 saturated heterocycles. The number of carbonyl (C=O) groups excluding carboxylic acids is 1. The zero-order chi connectivity index (χ0) is 19.1. The Labute approximate surface area is 162 Å². The van der Waals surface area contributed by atoms with Gasteiger partial charge in [-0.2, -0.15) is 0 Å². The molecule has 0 N–H and O–H groups in total. The third kappa shape index (κ3) is 5.57. The van der Waals surface area contributed by atoms with Gasteiger partial charge in [0.05, 0.1) is 7.11 Å². The first kappa shape index (κ1) is 19.4. The van der Waals surface area contributed by atoms with Crippen molar-refractivity contribution in [3.05, 3.63) is 65.7 Å². The summed E-state index contributed by atoms with van der Waals surface area (Å²) in [5.41, 5.74) is 2.50. The number of methoxy groups -OCH3 is 1. The number of piperidine rings is 1. The molecule has 1 atom stereocenters. The van der Waals surface area contributed by atoms with Crippen LogP contribution in [0.25, 0.3) is 0 Å². The van der Waals surface area contributed by atoms with Crippen LogP contribution in [0.15, 0.2) is 54.6 Å². The molecule has 2 aromatic rings. The van der Waals surface area contributed by atoms with Crippen molar-refractivity contribution < 1.29 is 9.53 Å². The number of amides is 1. The monoisotopic (exact) mass is 366 g/mol. The summed E-state index contributed by atoms with van der Waals surface area (Å²) in [5.74, 6) is 1.12. The van der Waals surface area contributed by atoms with Gasteiger partial charge in [0, 0.05) is 32.1 Å². The number of hydrogen-bond acceptors (Lipinski definition) is 3. The Morgan fingerprint density at radius 1 is 1.11 bits per heavy atom. The van der Waals surface area contributed by atoms with Gasteiger partial charge < -0.3 is 9.64 Å². The number of ether oxygens (including phenoxy) is 1. The molecule has 0 aliphatic carbocycles. The average molecular weight is 367 g/mol. The van der Waals surface area contributed by atoms with Crippen molar-refractivity contribution >= 4 is 5.91 Å². The quantitative estimate of drug-likeness (QED) is 0.748. The van der Waals surface area contributed by atoms with Crippen LogP contribution >= 0.6 is 0 Å². The summed E-state index contributed by atoms with van der Waals surface area (Å²) in [5, 5.41) is 0. The van der Waals surface area contributed by atoms with E-state index in [2.05, 4.69) is 41.1 Å². The molecular formula is C23H30N2O2. The molecule has 0 bridgehead atoms. The highest BCUT2D eigenvalue weighted by atomic mass is 16.5. The molecule has 0 saturated carbocycles. The van der Waals surface area contributed by atoms with Gasteiger partial charge in [-0.3, -0.25) is 9.69 Å². The summed E-state index contributed by atoms with van der Waals surface area (Å²) >= 11 is 0. The fourth-order valence-electron chi connectivity index (χ4n) is 3.74. The molecule has 2 aromatic carbocycles. The number of aryl methyl sites for hydroxylation is 1. The summed E-state index contributed by atoms with van der Waals surface area (Å²) in [4.78, 5) is 17.1. The Kier molecular flexibility index (Phi) is 6.88. The minimum Gasteiger partial charge on any atom is -0.497 e. The second-order valence-electron chi connectivity index (χ2n) is 7.38. The van der Waals surface area contributed by atoms with E-state index in [1.54, 1.807) is 7.11 Å². The van der Waals surface area contributed by atoms with E-state index in [0.717, 1.165) is 44.6 Å². The Balaban J connectivity index is 1.49. The second kappa shape index (κ2) is 9.56. The summed E-state index contributed by atoms with van der Waals surface area (Å²) in [6, 6.07) is 19.0. The molecule has 1 heterocycles. The SMILES string of the molecule is COc1ccc(CCC(=O)N2CCC[C@H](N(C)Cc3ccccc3)C2)cc1. The molecule has 1 amide bonds. The van der Waals surface area contributed by atoms with Gasteiger partial charge in [0.1, 0.15) is 5.75 Å². The highest BCUT2D eigenvalue weighted by Crippen LogP contribution is 2.19. The second-order valence-corrected chi connectivity index (χ2v) is 7.38. The van der Waals surface area contributed by atoms with Gasteiger partial charge in [0.15, 0.2) is 0 Å². The van der Waals surface area contributed by atoms with Gasteiger partial charge in [0.25, 0.3) is 0 Å². The molecule has 0 unspecified atom stereocenters. The van der Waals surface area contributed by atoms with Crippen molar-refractivity contribution in [2.45, 2.75) is 38.3 Å². The van der Waals surface area contributed by atoms with Gasteiger partial charge in [0.2, 0.25) is 5.91 Å². The summed E-state index contributed by atoms with van der Waals surface area (Å²) in [6.07, 6.45) is 3.59. The zero-order valence-electron chi connectivity index (χ0n) is 16.4. The molecule has 0 radical (unpaired) electrons. The third-order valence-corrected chi connectivity index (χ3v) is 5.43. The van der Waals surface area contributed by atoms with Crippen LogP contribution in [0.2, 0.25) is 0 Å². The molecule has 1 aliphatic rings. The molecule has 1 fully saturated rings. The topological polar surface area (TPSA) is 32.8 Å². The lowest BCUT2D eigenvalue weighted by molar-refractivity contribution is -0.133. The minimum absolute atomic E-state index is 0.267. The lowest BCUT2D eigenvalue weighted by Crippen LogP contribution is -2.48. The lowest BCUT2D eigenvalue weighted by Gasteiger charge is -2.38. The van der Waals surface area contributed by atoms with Crippen molar-refractivity contribution in [2.75, 3.05) is 27.2 Å². The van der Waals surface area contributed by atoms with E-state index >= 15 is 0 Å². The maximum absolute atomic E-state index is 12.7. The fraction of sp³-hybridized carbons (Fsp3) is 0.435. The van der Waals surface area contributed by atoms with Crippen LogP contribution in [0.4, 0.5) is 0 Å². The summed E-state index contributed by atoms with van der Waals surface area (Å²) < 4.78 is 5.19. The van der Waals surface area contributed by atoms with Crippen molar-refractivity contribution in [1.82, 2.24) is 9.80 Å². The first-order valence-corrected chi connectivity index (χ1v) is 9.80. The average Bonchev–Trinajstić information content (AvgIpc) is 2.73. The largest absolute Gasteiger partial charge is 0.497 e. The maximum Gasteiger partial charge on any atom is 0.222 e. The van der Waals surface area contributed by atoms with Crippen LogP contribution < -0.4 is 4.74 Å². The molecule has 1 aliphatic heterocycles. The zero-order valence-corrected chi connectivity index (χ0v) is 16.4. The smallest absolute Gasteiger partial charge is 0.222 e.